The number of ether oxygens (including phenoxy) is 1. The molecule has 0 bridgehead atoms. The van der Waals surface area contributed by atoms with Gasteiger partial charge in [-0.3, -0.25) is 9.59 Å². The lowest BCUT2D eigenvalue weighted by Crippen LogP contribution is -2.37. The molecule has 0 spiro atoms. The molecule has 3 heterocycles. The van der Waals surface area contributed by atoms with E-state index in [9.17, 15) is 22.8 Å². The van der Waals surface area contributed by atoms with Crippen LogP contribution < -0.4 is 20.3 Å². The second-order valence-electron chi connectivity index (χ2n) is 7.38. The van der Waals surface area contributed by atoms with Crippen LogP contribution in [-0.2, 0) is 11.0 Å². The molecule has 1 aliphatic rings. The van der Waals surface area contributed by atoms with Gasteiger partial charge in [0.1, 0.15) is 5.82 Å². The number of hydrogen-bond acceptors (Lipinski definition) is 6. The van der Waals surface area contributed by atoms with E-state index in [0.717, 1.165) is 12.3 Å². The summed E-state index contributed by atoms with van der Waals surface area (Å²) in [5, 5.41) is 5.55. The first kappa shape index (κ1) is 23.3. The predicted molar refractivity (Wildman–Crippen MR) is 112 cm³/mol. The van der Waals surface area contributed by atoms with E-state index in [-0.39, 0.29) is 23.6 Å². The number of halogens is 3. The Balaban J connectivity index is 1.64. The molecule has 172 valence electrons. The van der Waals surface area contributed by atoms with Gasteiger partial charge in [-0.15, -0.1) is 0 Å². The maximum atomic E-state index is 12.9. The SMILES string of the molecule is CCCC(=O)Nc1cc(C(=O)N[C@@H]2CCN(c3ncc(C(F)(F)F)cc3OC)C2)ccn1. The van der Waals surface area contributed by atoms with Gasteiger partial charge in [-0.2, -0.15) is 13.2 Å². The highest BCUT2D eigenvalue weighted by Crippen LogP contribution is 2.35. The molecule has 1 fully saturated rings. The van der Waals surface area contributed by atoms with Gasteiger partial charge < -0.3 is 20.3 Å². The van der Waals surface area contributed by atoms with Crippen molar-refractivity contribution in [1.29, 1.82) is 0 Å². The van der Waals surface area contributed by atoms with Crippen molar-refractivity contribution in [3.63, 3.8) is 0 Å². The molecule has 1 atom stereocenters. The second-order valence-corrected chi connectivity index (χ2v) is 7.38. The Morgan fingerprint density at radius 1 is 1.28 bits per heavy atom. The maximum absolute atomic E-state index is 12.9. The number of aromatic nitrogens is 2. The molecule has 0 radical (unpaired) electrons. The van der Waals surface area contributed by atoms with Crippen LogP contribution in [0.3, 0.4) is 0 Å². The van der Waals surface area contributed by atoms with E-state index in [1.165, 1.54) is 25.4 Å². The Bertz CT molecular complexity index is 983. The minimum atomic E-state index is -4.51. The molecular weight excluding hydrogens is 427 g/mol. The molecule has 2 aromatic rings. The first-order valence-electron chi connectivity index (χ1n) is 10.1. The average molecular weight is 451 g/mol. The minimum absolute atomic E-state index is 0.0217. The van der Waals surface area contributed by atoms with E-state index in [2.05, 4.69) is 20.6 Å². The van der Waals surface area contributed by atoms with Crippen molar-refractivity contribution in [2.45, 2.75) is 38.4 Å². The normalized spacial score (nSPS) is 16.0. The zero-order chi connectivity index (χ0) is 23.3. The van der Waals surface area contributed by atoms with Gasteiger partial charge in [0.2, 0.25) is 5.91 Å². The molecule has 1 saturated heterocycles. The summed E-state index contributed by atoms with van der Waals surface area (Å²) in [6, 6.07) is 3.72. The Morgan fingerprint density at radius 2 is 2.06 bits per heavy atom. The molecule has 8 nitrogen and oxygen atoms in total. The number of amides is 2. The third kappa shape index (κ3) is 5.65. The smallest absolute Gasteiger partial charge is 0.418 e. The quantitative estimate of drug-likeness (QED) is 0.671. The summed E-state index contributed by atoms with van der Waals surface area (Å²) < 4.78 is 43.9. The lowest BCUT2D eigenvalue weighted by molar-refractivity contribution is -0.137. The lowest BCUT2D eigenvalue weighted by Gasteiger charge is -2.21. The third-order valence-electron chi connectivity index (χ3n) is 4.97. The number of nitrogens with zero attached hydrogens (tertiary/aromatic N) is 3. The van der Waals surface area contributed by atoms with Crippen molar-refractivity contribution < 1.29 is 27.5 Å². The van der Waals surface area contributed by atoms with Crippen LogP contribution in [0.4, 0.5) is 24.8 Å². The number of anilines is 2. The summed E-state index contributed by atoms with van der Waals surface area (Å²) >= 11 is 0. The fourth-order valence-electron chi connectivity index (χ4n) is 3.39. The van der Waals surface area contributed by atoms with Crippen molar-refractivity contribution in [2.75, 3.05) is 30.4 Å². The van der Waals surface area contributed by atoms with Crippen LogP contribution >= 0.6 is 0 Å². The average Bonchev–Trinajstić information content (AvgIpc) is 3.21. The zero-order valence-electron chi connectivity index (χ0n) is 17.7. The van der Waals surface area contributed by atoms with Crippen LogP contribution in [0.5, 0.6) is 5.75 Å². The van der Waals surface area contributed by atoms with Crippen LogP contribution in [0.2, 0.25) is 0 Å². The number of methoxy groups -OCH3 is 1. The molecule has 0 saturated carbocycles. The lowest BCUT2D eigenvalue weighted by atomic mass is 10.2. The number of alkyl halides is 3. The Kier molecular flexibility index (Phi) is 7.16. The Labute approximate surface area is 183 Å². The molecule has 0 aliphatic carbocycles. The second kappa shape index (κ2) is 9.84. The fourth-order valence-corrected chi connectivity index (χ4v) is 3.39. The summed E-state index contributed by atoms with van der Waals surface area (Å²) in [6.07, 6.45) is -0.660. The van der Waals surface area contributed by atoms with Crippen molar-refractivity contribution in [3.05, 3.63) is 41.7 Å². The van der Waals surface area contributed by atoms with Crippen LogP contribution in [0.1, 0.15) is 42.1 Å². The zero-order valence-corrected chi connectivity index (χ0v) is 17.7. The number of rotatable bonds is 7. The van der Waals surface area contributed by atoms with Crippen molar-refractivity contribution >= 4 is 23.5 Å². The highest BCUT2D eigenvalue weighted by Gasteiger charge is 2.33. The first-order chi connectivity index (χ1) is 15.2. The molecule has 2 N–H and O–H groups in total. The van der Waals surface area contributed by atoms with Crippen LogP contribution in [0, 0.1) is 0 Å². The van der Waals surface area contributed by atoms with E-state index in [1.807, 2.05) is 6.92 Å². The van der Waals surface area contributed by atoms with Crippen molar-refractivity contribution in [2.24, 2.45) is 0 Å². The van der Waals surface area contributed by atoms with Crippen LogP contribution in [0.15, 0.2) is 30.6 Å². The topological polar surface area (TPSA) is 96.5 Å². The van der Waals surface area contributed by atoms with Gasteiger partial charge in [0.15, 0.2) is 11.6 Å². The predicted octanol–water partition coefficient (Wildman–Crippen LogP) is 3.25. The largest absolute Gasteiger partial charge is 0.493 e. The molecule has 0 aromatic carbocycles. The first-order valence-corrected chi connectivity index (χ1v) is 10.1. The molecule has 32 heavy (non-hydrogen) atoms. The molecule has 2 amide bonds. The summed E-state index contributed by atoms with van der Waals surface area (Å²) in [5.74, 6) is 0.0953. The fraction of sp³-hybridized carbons (Fsp3) is 0.429. The van der Waals surface area contributed by atoms with Crippen molar-refractivity contribution in [1.82, 2.24) is 15.3 Å². The summed E-state index contributed by atoms with van der Waals surface area (Å²) in [5.41, 5.74) is -0.544. The maximum Gasteiger partial charge on any atom is 0.418 e. The van der Waals surface area contributed by atoms with E-state index in [0.29, 0.717) is 49.6 Å². The highest BCUT2D eigenvalue weighted by atomic mass is 19.4. The van der Waals surface area contributed by atoms with Gasteiger partial charge in [-0.25, -0.2) is 9.97 Å². The number of carbonyl (C=O) groups is 2. The highest BCUT2D eigenvalue weighted by molar-refractivity contribution is 5.96. The van der Waals surface area contributed by atoms with Gasteiger partial charge in [-0.1, -0.05) is 6.92 Å². The molecule has 1 aliphatic heterocycles. The number of pyridine rings is 2. The monoisotopic (exact) mass is 451 g/mol. The van der Waals surface area contributed by atoms with Gasteiger partial charge >= 0.3 is 6.18 Å². The number of carbonyl (C=O) groups excluding carboxylic acids is 2. The molecule has 0 unspecified atom stereocenters. The molecule has 11 heteroatoms. The van der Waals surface area contributed by atoms with E-state index >= 15 is 0 Å². The number of hydrogen-bond donors (Lipinski definition) is 2. The van der Waals surface area contributed by atoms with Crippen LogP contribution in [0.25, 0.3) is 0 Å². The van der Waals surface area contributed by atoms with Gasteiger partial charge in [0.05, 0.1) is 12.7 Å². The van der Waals surface area contributed by atoms with E-state index in [4.69, 9.17) is 4.74 Å². The van der Waals surface area contributed by atoms with E-state index in [1.54, 1.807) is 4.90 Å². The Hall–Kier alpha value is -3.37. The summed E-state index contributed by atoms with van der Waals surface area (Å²) in [6.45, 7) is 2.75. The number of nitrogens with one attached hydrogen (secondary N) is 2. The van der Waals surface area contributed by atoms with Gasteiger partial charge in [0.25, 0.3) is 5.91 Å². The summed E-state index contributed by atoms with van der Waals surface area (Å²) in [7, 11) is 1.29. The standard InChI is InChI=1S/C21H24F3N5O3/c1-3-4-18(30)28-17-9-13(5-7-25-17)20(31)27-15-6-8-29(12-15)19-16(32-2)10-14(11-26-19)21(22,23)24/h5,7,9-11,15H,3-4,6,8,12H2,1-2H3,(H,27,31)(H,25,28,30)/t15-/m1/s1. The van der Waals surface area contributed by atoms with Crippen LogP contribution in [-0.4, -0.2) is 48.0 Å². The molecule has 3 rings (SSSR count). The molecular formula is C21H24F3N5O3. The third-order valence-corrected chi connectivity index (χ3v) is 4.97. The van der Waals surface area contributed by atoms with Crippen molar-refractivity contribution in [3.8, 4) is 5.75 Å². The van der Waals surface area contributed by atoms with Gasteiger partial charge in [-0.05, 0) is 31.0 Å². The minimum Gasteiger partial charge on any atom is -0.493 e. The van der Waals surface area contributed by atoms with E-state index < -0.39 is 11.7 Å². The summed E-state index contributed by atoms with van der Waals surface area (Å²) in [4.78, 5) is 34.1. The molecule has 2 aromatic heterocycles. The Morgan fingerprint density at radius 3 is 2.75 bits per heavy atom. The van der Waals surface area contributed by atoms with Gasteiger partial charge in [0, 0.05) is 43.5 Å².